The second-order valence-electron chi connectivity index (χ2n) is 4.43. The van der Waals surface area contributed by atoms with Gasteiger partial charge in [-0.1, -0.05) is 18.2 Å². The number of nitrogens with one attached hydrogen (secondary N) is 1. The summed E-state index contributed by atoms with van der Waals surface area (Å²) < 4.78 is 0. The first-order valence-corrected chi connectivity index (χ1v) is 6.06. The first-order chi connectivity index (χ1) is 9.20. The quantitative estimate of drug-likeness (QED) is 0.908. The Labute approximate surface area is 113 Å². The topological polar surface area (TPSA) is 52.0 Å². The Hall–Kier alpha value is -2.54. The SMILES string of the molecule is CN(C)c1ccc(CNc2ccccc2C#N)cn1. The van der Waals surface area contributed by atoms with Crippen LogP contribution in [0.25, 0.3) is 0 Å². The smallest absolute Gasteiger partial charge is 0.127 e. The summed E-state index contributed by atoms with van der Waals surface area (Å²) in [6.07, 6.45) is 1.84. The summed E-state index contributed by atoms with van der Waals surface area (Å²) in [5.41, 5.74) is 2.58. The molecule has 2 rings (SSSR count). The molecule has 1 aromatic carbocycles. The highest BCUT2D eigenvalue weighted by Crippen LogP contribution is 2.15. The van der Waals surface area contributed by atoms with Crippen LogP contribution in [-0.4, -0.2) is 19.1 Å². The predicted molar refractivity (Wildman–Crippen MR) is 77.0 cm³/mol. The zero-order valence-electron chi connectivity index (χ0n) is 11.1. The van der Waals surface area contributed by atoms with E-state index in [1.54, 1.807) is 6.07 Å². The molecular formula is C15H16N4. The van der Waals surface area contributed by atoms with Crippen LogP contribution in [0.4, 0.5) is 11.5 Å². The number of para-hydroxylation sites is 1. The number of aromatic nitrogens is 1. The minimum absolute atomic E-state index is 0.652. The van der Waals surface area contributed by atoms with E-state index >= 15 is 0 Å². The van der Waals surface area contributed by atoms with E-state index in [0.29, 0.717) is 12.1 Å². The van der Waals surface area contributed by atoms with Crippen LogP contribution in [-0.2, 0) is 6.54 Å². The van der Waals surface area contributed by atoms with Gasteiger partial charge in [-0.2, -0.15) is 5.26 Å². The largest absolute Gasteiger partial charge is 0.380 e. The zero-order valence-corrected chi connectivity index (χ0v) is 11.1. The fourth-order valence-corrected chi connectivity index (χ4v) is 1.72. The first kappa shape index (κ1) is 12.9. The van der Waals surface area contributed by atoms with Crippen LogP contribution in [0.1, 0.15) is 11.1 Å². The second-order valence-corrected chi connectivity index (χ2v) is 4.43. The lowest BCUT2D eigenvalue weighted by atomic mass is 10.2. The normalized spacial score (nSPS) is 9.74. The average molecular weight is 252 g/mol. The van der Waals surface area contributed by atoms with Crippen LogP contribution in [0.2, 0.25) is 0 Å². The molecular weight excluding hydrogens is 236 g/mol. The number of hydrogen-bond acceptors (Lipinski definition) is 4. The Balaban J connectivity index is 2.04. The van der Waals surface area contributed by atoms with Crippen molar-refractivity contribution < 1.29 is 0 Å². The van der Waals surface area contributed by atoms with Crippen molar-refractivity contribution in [3.8, 4) is 6.07 Å². The lowest BCUT2D eigenvalue weighted by Gasteiger charge is -2.12. The third kappa shape index (κ3) is 3.23. The number of hydrogen-bond donors (Lipinski definition) is 1. The van der Waals surface area contributed by atoms with Crippen LogP contribution < -0.4 is 10.2 Å². The molecule has 19 heavy (non-hydrogen) atoms. The number of pyridine rings is 1. The maximum absolute atomic E-state index is 9.01. The predicted octanol–water partition coefficient (Wildman–Crippen LogP) is 2.63. The van der Waals surface area contributed by atoms with Gasteiger partial charge in [-0.15, -0.1) is 0 Å². The Morgan fingerprint density at radius 2 is 2.00 bits per heavy atom. The van der Waals surface area contributed by atoms with E-state index in [4.69, 9.17) is 5.26 Å². The van der Waals surface area contributed by atoms with E-state index in [9.17, 15) is 0 Å². The Bertz CT molecular complexity index is 582. The summed E-state index contributed by atoms with van der Waals surface area (Å²) in [6.45, 7) is 0.652. The molecule has 1 heterocycles. The van der Waals surface area contributed by atoms with Crippen molar-refractivity contribution in [2.24, 2.45) is 0 Å². The molecule has 0 fully saturated rings. The van der Waals surface area contributed by atoms with Gasteiger partial charge in [-0.3, -0.25) is 0 Å². The molecule has 4 heteroatoms. The number of benzene rings is 1. The lowest BCUT2D eigenvalue weighted by molar-refractivity contribution is 1.04. The van der Waals surface area contributed by atoms with Crippen molar-refractivity contribution in [1.29, 1.82) is 5.26 Å². The third-order valence-corrected chi connectivity index (χ3v) is 2.80. The highest BCUT2D eigenvalue weighted by Gasteiger charge is 2.01. The van der Waals surface area contributed by atoms with Crippen molar-refractivity contribution in [2.45, 2.75) is 6.54 Å². The minimum atomic E-state index is 0.652. The number of nitriles is 1. The van der Waals surface area contributed by atoms with Crippen LogP contribution >= 0.6 is 0 Å². The number of anilines is 2. The van der Waals surface area contributed by atoms with Gasteiger partial charge in [0, 0.05) is 26.8 Å². The van der Waals surface area contributed by atoms with Crippen LogP contribution in [0.15, 0.2) is 42.6 Å². The van der Waals surface area contributed by atoms with Gasteiger partial charge in [0.05, 0.1) is 11.3 Å². The molecule has 0 atom stereocenters. The van der Waals surface area contributed by atoms with E-state index in [-0.39, 0.29) is 0 Å². The van der Waals surface area contributed by atoms with E-state index in [1.807, 2.05) is 55.5 Å². The van der Waals surface area contributed by atoms with Crippen molar-refractivity contribution in [2.75, 3.05) is 24.3 Å². The number of nitrogens with zero attached hydrogens (tertiary/aromatic N) is 3. The number of rotatable bonds is 4. The van der Waals surface area contributed by atoms with Crippen molar-refractivity contribution in [1.82, 2.24) is 4.98 Å². The van der Waals surface area contributed by atoms with Crippen molar-refractivity contribution in [3.63, 3.8) is 0 Å². The van der Waals surface area contributed by atoms with Crippen LogP contribution in [0.5, 0.6) is 0 Å². The van der Waals surface area contributed by atoms with Gasteiger partial charge in [-0.25, -0.2) is 4.98 Å². The van der Waals surface area contributed by atoms with Gasteiger partial charge in [0.25, 0.3) is 0 Å². The van der Waals surface area contributed by atoms with Crippen molar-refractivity contribution >= 4 is 11.5 Å². The van der Waals surface area contributed by atoms with E-state index in [1.165, 1.54) is 0 Å². The van der Waals surface area contributed by atoms with E-state index in [0.717, 1.165) is 17.1 Å². The third-order valence-electron chi connectivity index (χ3n) is 2.80. The van der Waals surface area contributed by atoms with Gasteiger partial charge in [0.15, 0.2) is 0 Å². The average Bonchev–Trinajstić information content (AvgIpc) is 2.45. The maximum atomic E-state index is 9.01. The Morgan fingerprint density at radius 1 is 1.21 bits per heavy atom. The van der Waals surface area contributed by atoms with E-state index in [2.05, 4.69) is 16.4 Å². The van der Waals surface area contributed by atoms with Gasteiger partial charge >= 0.3 is 0 Å². The minimum Gasteiger partial charge on any atom is -0.380 e. The highest BCUT2D eigenvalue weighted by molar-refractivity contribution is 5.57. The van der Waals surface area contributed by atoms with Gasteiger partial charge in [0.2, 0.25) is 0 Å². The molecule has 0 aliphatic carbocycles. The zero-order chi connectivity index (χ0) is 13.7. The molecule has 0 radical (unpaired) electrons. The summed E-state index contributed by atoms with van der Waals surface area (Å²) >= 11 is 0. The van der Waals surface area contributed by atoms with Crippen LogP contribution in [0, 0.1) is 11.3 Å². The molecule has 0 aliphatic rings. The molecule has 4 nitrogen and oxygen atoms in total. The summed E-state index contributed by atoms with van der Waals surface area (Å²) in [5.74, 6) is 0.932. The molecule has 0 amide bonds. The van der Waals surface area contributed by atoms with Crippen molar-refractivity contribution in [3.05, 3.63) is 53.7 Å². The molecule has 0 unspecified atom stereocenters. The molecule has 0 bridgehead atoms. The fraction of sp³-hybridized carbons (Fsp3) is 0.200. The molecule has 0 spiro atoms. The maximum Gasteiger partial charge on any atom is 0.127 e. The fourth-order valence-electron chi connectivity index (χ4n) is 1.72. The summed E-state index contributed by atoms with van der Waals surface area (Å²) in [4.78, 5) is 6.31. The van der Waals surface area contributed by atoms with Gasteiger partial charge < -0.3 is 10.2 Å². The second kappa shape index (κ2) is 5.87. The molecule has 0 saturated carbocycles. The Morgan fingerprint density at radius 3 is 2.63 bits per heavy atom. The summed E-state index contributed by atoms with van der Waals surface area (Å²) in [5, 5.41) is 12.3. The lowest BCUT2D eigenvalue weighted by Crippen LogP contribution is -2.10. The standard InChI is InChI=1S/C15H16N4/c1-19(2)15-8-7-12(11-18-15)10-17-14-6-4-3-5-13(14)9-16/h3-8,11,17H,10H2,1-2H3. The van der Waals surface area contributed by atoms with Gasteiger partial charge in [0.1, 0.15) is 11.9 Å². The van der Waals surface area contributed by atoms with Crippen LogP contribution in [0.3, 0.4) is 0 Å². The summed E-state index contributed by atoms with van der Waals surface area (Å²) in [6, 6.07) is 13.7. The first-order valence-electron chi connectivity index (χ1n) is 6.06. The summed E-state index contributed by atoms with van der Waals surface area (Å²) in [7, 11) is 3.92. The van der Waals surface area contributed by atoms with Gasteiger partial charge in [-0.05, 0) is 23.8 Å². The Kier molecular flexibility index (Phi) is 3.99. The molecule has 96 valence electrons. The molecule has 0 saturated heterocycles. The van der Waals surface area contributed by atoms with E-state index < -0.39 is 0 Å². The molecule has 1 N–H and O–H groups in total. The molecule has 1 aromatic heterocycles. The monoisotopic (exact) mass is 252 g/mol. The highest BCUT2D eigenvalue weighted by atomic mass is 15.1. The molecule has 2 aromatic rings. The molecule has 0 aliphatic heterocycles.